The molecule has 6 heteroatoms. The van der Waals surface area contributed by atoms with Gasteiger partial charge in [0, 0.05) is 0 Å². The number of benzene rings is 3. The minimum Gasteiger partial charge on any atom is -0.493 e. The molecule has 0 bridgehead atoms. The summed E-state index contributed by atoms with van der Waals surface area (Å²) in [7, 11) is 3.10. The molecular weight excluding hydrogens is 368 g/mol. The van der Waals surface area contributed by atoms with Crippen molar-refractivity contribution in [3.05, 3.63) is 95.6 Å². The van der Waals surface area contributed by atoms with Crippen LogP contribution in [0.2, 0.25) is 0 Å². The summed E-state index contributed by atoms with van der Waals surface area (Å²) in [5.74, 6) is 0.482. The van der Waals surface area contributed by atoms with E-state index in [1.807, 2.05) is 12.1 Å². The highest BCUT2D eigenvalue weighted by molar-refractivity contribution is 5.91. The molecule has 6 nitrogen and oxygen atoms in total. The van der Waals surface area contributed by atoms with Crippen LogP contribution in [0.25, 0.3) is 0 Å². The minimum atomic E-state index is -1.88. The molecule has 0 aromatic heterocycles. The molecule has 0 unspecified atom stereocenters. The van der Waals surface area contributed by atoms with Crippen LogP contribution in [-0.2, 0) is 10.4 Å². The second-order valence-electron chi connectivity index (χ2n) is 6.26. The molecule has 1 amide bonds. The Labute approximate surface area is 169 Å². The lowest BCUT2D eigenvalue weighted by Crippen LogP contribution is -2.43. The van der Waals surface area contributed by atoms with E-state index in [4.69, 9.17) is 9.47 Å². The van der Waals surface area contributed by atoms with Gasteiger partial charge in [-0.05, 0) is 34.9 Å². The number of hydrogen-bond donors (Lipinski definition) is 2. The number of rotatable bonds is 7. The number of methoxy groups -OCH3 is 2. The molecule has 0 fully saturated rings. The molecule has 29 heavy (non-hydrogen) atoms. The molecule has 0 saturated heterocycles. The lowest BCUT2D eigenvalue weighted by molar-refractivity contribution is -0.136. The molecule has 0 saturated carbocycles. The Morgan fingerprint density at radius 2 is 1.45 bits per heavy atom. The third kappa shape index (κ3) is 4.28. The number of ether oxygens (including phenoxy) is 2. The normalized spacial score (nSPS) is 11.3. The zero-order chi connectivity index (χ0) is 20.7. The van der Waals surface area contributed by atoms with Crippen molar-refractivity contribution in [2.75, 3.05) is 14.2 Å². The fraction of sp³-hybridized carbons (Fsp3) is 0.130. The number of hydrazone groups is 1. The van der Waals surface area contributed by atoms with Gasteiger partial charge < -0.3 is 14.6 Å². The number of nitrogens with one attached hydrogen (secondary N) is 1. The number of carbonyl (C=O) groups excluding carboxylic acids is 1. The van der Waals surface area contributed by atoms with Gasteiger partial charge in [0.1, 0.15) is 0 Å². The van der Waals surface area contributed by atoms with Crippen molar-refractivity contribution in [3.8, 4) is 11.5 Å². The van der Waals surface area contributed by atoms with Crippen LogP contribution in [0.3, 0.4) is 0 Å². The Morgan fingerprint density at radius 1 is 0.897 bits per heavy atom. The topological polar surface area (TPSA) is 80.2 Å². The molecule has 3 aromatic carbocycles. The summed E-state index contributed by atoms with van der Waals surface area (Å²) in [6, 6.07) is 22.8. The van der Waals surface area contributed by atoms with Gasteiger partial charge in [0.15, 0.2) is 17.1 Å². The molecule has 3 rings (SSSR count). The van der Waals surface area contributed by atoms with Crippen LogP contribution in [0.15, 0.2) is 84.0 Å². The van der Waals surface area contributed by atoms with Crippen molar-refractivity contribution in [1.82, 2.24) is 5.43 Å². The predicted octanol–water partition coefficient (Wildman–Crippen LogP) is 3.09. The van der Waals surface area contributed by atoms with Crippen LogP contribution >= 0.6 is 0 Å². The monoisotopic (exact) mass is 390 g/mol. The maximum atomic E-state index is 13.0. The molecule has 0 aliphatic carbocycles. The molecule has 0 atom stereocenters. The van der Waals surface area contributed by atoms with Gasteiger partial charge in [-0.25, -0.2) is 5.43 Å². The lowest BCUT2D eigenvalue weighted by Gasteiger charge is -2.27. The first kappa shape index (κ1) is 20.1. The fourth-order valence-electron chi connectivity index (χ4n) is 2.97. The number of carbonyl (C=O) groups is 1. The number of nitrogens with zero attached hydrogens (tertiary/aromatic N) is 1. The Kier molecular flexibility index (Phi) is 6.26. The molecule has 0 spiro atoms. The van der Waals surface area contributed by atoms with Gasteiger partial charge in [-0.3, -0.25) is 4.79 Å². The van der Waals surface area contributed by atoms with Crippen molar-refractivity contribution in [2.45, 2.75) is 5.60 Å². The average Bonchev–Trinajstić information content (AvgIpc) is 2.79. The molecule has 0 aliphatic heterocycles. The van der Waals surface area contributed by atoms with Crippen molar-refractivity contribution in [1.29, 1.82) is 0 Å². The van der Waals surface area contributed by atoms with Crippen LogP contribution in [0.5, 0.6) is 11.5 Å². The number of hydrogen-bond acceptors (Lipinski definition) is 5. The summed E-state index contributed by atoms with van der Waals surface area (Å²) < 4.78 is 10.5. The standard InChI is InChI=1S/C23H22N2O4/c1-28-20-14-13-17(15-21(20)29-2)16-24-25-22(26)23(27,18-9-5-3-6-10-18)19-11-7-4-8-12-19/h3-16,27H,1-2H3,(H,25,26)/b24-16-. The highest BCUT2D eigenvalue weighted by Gasteiger charge is 2.39. The summed E-state index contributed by atoms with van der Waals surface area (Å²) in [4.78, 5) is 13.0. The van der Waals surface area contributed by atoms with E-state index in [1.54, 1.807) is 80.9 Å². The minimum absolute atomic E-state index is 0.449. The van der Waals surface area contributed by atoms with Crippen molar-refractivity contribution >= 4 is 12.1 Å². The highest BCUT2D eigenvalue weighted by atomic mass is 16.5. The Balaban J connectivity index is 1.86. The fourth-order valence-corrected chi connectivity index (χ4v) is 2.97. The van der Waals surface area contributed by atoms with Crippen LogP contribution < -0.4 is 14.9 Å². The van der Waals surface area contributed by atoms with Crippen molar-refractivity contribution < 1.29 is 19.4 Å². The van der Waals surface area contributed by atoms with E-state index in [0.29, 0.717) is 28.2 Å². The lowest BCUT2D eigenvalue weighted by atomic mass is 9.85. The van der Waals surface area contributed by atoms with E-state index in [2.05, 4.69) is 10.5 Å². The van der Waals surface area contributed by atoms with E-state index < -0.39 is 11.5 Å². The second kappa shape index (κ2) is 9.03. The summed E-state index contributed by atoms with van der Waals surface area (Å²) >= 11 is 0. The van der Waals surface area contributed by atoms with Crippen LogP contribution in [0.4, 0.5) is 0 Å². The molecule has 3 aromatic rings. The van der Waals surface area contributed by atoms with Crippen molar-refractivity contribution in [3.63, 3.8) is 0 Å². The van der Waals surface area contributed by atoms with Crippen LogP contribution in [-0.4, -0.2) is 31.4 Å². The van der Waals surface area contributed by atoms with Gasteiger partial charge >= 0.3 is 0 Å². The van der Waals surface area contributed by atoms with Gasteiger partial charge in [0.25, 0.3) is 5.91 Å². The smallest absolute Gasteiger partial charge is 0.281 e. The van der Waals surface area contributed by atoms with E-state index in [9.17, 15) is 9.90 Å². The predicted molar refractivity (Wildman–Crippen MR) is 111 cm³/mol. The van der Waals surface area contributed by atoms with Gasteiger partial charge in [-0.15, -0.1) is 0 Å². The maximum Gasteiger partial charge on any atom is 0.281 e. The summed E-state index contributed by atoms with van der Waals surface area (Å²) in [5.41, 5.74) is 2.16. The third-order valence-electron chi connectivity index (χ3n) is 4.50. The quantitative estimate of drug-likeness (QED) is 0.480. The second-order valence-corrected chi connectivity index (χ2v) is 6.26. The highest BCUT2D eigenvalue weighted by Crippen LogP contribution is 2.30. The molecule has 0 radical (unpaired) electrons. The van der Waals surface area contributed by atoms with Gasteiger partial charge in [0.05, 0.1) is 20.4 Å². The summed E-state index contributed by atoms with van der Waals surface area (Å²) in [6.45, 7) is 0. The number of aliphatic hydroxyl groups is 1. The zero-order valence-corrected chi connectivity index (χ0v) is 16.2. The Bertz CT molecular complexity index is 949. The third-order valence-corrected chi connectivity index (χ3v) is 4.50. The first-order valence-electron chi connectivity index (χ1n) is 8.98. The molecule has 148 valence electrons. The van der Waals surface area contributed by atoms with E-state index in [0.717, 1.165) is 0 Å². The Hall–Kier alpha value is -3.64. The van der Waals surface area contributed by atoms with E-state index in [1.165, 1.54) is 6.21 Å². The van der Waals surface area contributed by atoms with Crippen LogP contribution in [0.1, 0.15) is 16.7 Å². The summed E-state index contributed by atoms with van der Waals surface area (Å²) in [6.07, 6.45) is 1.47. The van der Waals surface area contributed by atoms with Gasteiger partial charge in [0.2, 0.25) is 0 Å². The van der Waals surface area contributed by atoms with E-state index in [-0.39, 0.29) is 0 Å². The maximum absolute atomic E-state index is 13.0. The largest absolute Gasteiger partial charge is 0.493 e. The zero-order valence-electron chi connectivity index (χ0n) is 16.2. The van der Waals surface area contributed by atoms with Gasteiger partial charge in [-0.2, -0.15) is 5.10 Å². The van der Waals surface area contributed by atoms with Crippen LogP contribution in [0, 0.1) is 0 Å². The molecule has 0 aliphatic rings. The SMILES string of the molecule is COc1ccc(/C=N\NC(=O)C(O)(c2ccccc2)c2ccccc2)cc1OC. The summed E-state index contributed by atoms with van der Waals surface area (Å²) in [5, 5.41) is 15.4. The molecule has 2 N–H and O–H groups in total. The van der Waals surface area contributed by atoms with Crippen molar-refractivity contribution in [2.24, 2.45) is 5.10 Å². The first-order chi connectivity index (χ1) is 14.1. The molecule has 0 heterocycles. The first-order valence-corrected chi connectivity index (χ1v) is 8.98. The average molecular weight is 390 g/mol. The Morgan fingerprint density at radius 3 is 1.97 bits per heavy atom. The van der Waals surface area contributed by atoms with Gasteiger partial charge in [-0.1, -0.05) is 60.7 Å². The van der Waals surface area contributed by atoms with E-state index >= 15 is 0 Å². The number of amides is 1. The molecular formula is C23H22N2O4.